The SMILES string of the molecule is O=S(=O)(NC1CCN(C2CC2)CC1)c1cccc(Cl)c1F. The number of sulfonamides is 1. The summed E-state index contributed by atoms with van der Waals surface area (Å²) in [5, 5.41) is -0.179. The van der Waals surface area contributed by atoms with Crippen LogP contribution in [0.3, 0.4) is 0 Å². The van der Waals surface area contributed by atoms with Gasteiger partial charge in [-0.05, 0) is 50.9 Å². The van der Waals surface area contributed by atoms with Gasteiger partial charge in [-0.3, -0.25) is 0 Å². The van der Waals surface area contributed by atoms with Crippen molar-refractivity contribution in [3.05, 3.63) is 29.0 Å². The average Bonchev–Trinajstić information content (AvgIpc) is 3.26. The van der Waals surface area contributed by atoms with Gasteiger partial charge in [0.1, 0.15) is 4.90 Å². The Morgan fingerprint density at radius 3 is 2.48 bits per heavy atom. The van der Waals surface area contributed by atoms with Crippen molar-refractivity contribution in [3.63, 3.8) is 0 Å². The molecule has 21 heavy (non-hydrogen) atoms. The van der Waals surface area contributed by atoms with E-state index in [2.05, 4.69) is 9.62 Å². The van der Waals surface area contributed by atoms with Gasteiger partial charge in [0.15, 0.2) is 5.82 Å². The topological polar surface area (TPSA) is 49.4 Å². The van der Waals surface area contributed by atoms with Crippen LogP contribution in [0.25, 0.3) is 0 Å². The molecule has 0 unspecified atom stereocenters. The largest absolute Gasteiger partial charge is 0.300 e. The van der Waals surface area contributed by atoms with E-state index in [4.69, 9.17) is 11.6 Å². The molecule has 1 saturated heterocycles. The van der Waals surface area contributed by atoms with Gasteiger partial charge in [-0.15, -0.1) is 0 Å². The lowest BCUT2D eigenvalue weighted by molar-refractivity contribution is 0.199. The van der Waals surface area contributed by atoms with Gasteiger partial charge < -0.3 is 4.90 Å². The number of piperidine rings is 1. The van der Waals surface area contributed by atoms with Crippen LogP contribution in [0.15, 0.2) is 23.1 Å². The molecule has 1 aliphatic heterocycles. The monoisotopic (exact) mass is 332 g/mol. The number of rotatable bonds is 4. The molecule has 0 amide bonds. The third-order valence-electron chi connectivity index (χ3n) is 4.12. The van der Waals surface area contributed by atoms with Gasteiger partial charge in [0.2, 0.25) is 10.0 Å². The van der Waals surface area contributed by atoms with Crippen molar-refractivity contribution in [2.24, 2.45) is 0 Å². The van der Waals surface area contributed by atoms with E-state index in [9.17, 15) is 12.8 Å². The maximum absolute atomic E-state index is 13.9. The van der Waals surface area contributed by atoms with Crippen LogP contribution in [-0.2, 0) is 10.0 Å². The highest BCUT2D eigenvalue weighted by Crippen LogP contribution is 2.30. The first kappa shape index (κ1) is 15.2. The zero-order valence-electron chi connectivity index (χ0n) is 11.6. The van der Waals surface area contributed by atoms with Crippen LogP contribution in [-0.4, -0.2) is 38.5 Å². The average molecular weight is 333 g/mol. The minimum atomic E-state index is -3.86. The molecule has 2 aliphatic rings. The quantitative estimate of drug-likeness (QED) is 0.921. The van der Waals surface area contributed by atoms with Crippen LogP contribution in [0.4, 0.5) is 4.39 Å². The van der Waals surface area contributed by atoms with Crippen molar-refractivity contribution >= 4 is 21.6 Å². The molecule has 2 fully saturated rings. The smallest absolute Gasteiger partial charge is 0.243 e. The molecule has 1 N–H and O–H groups in total. The molecule has 0 radical (unpaired) electrons. The Hall–Kier alpha value is -0.690. The first-order valence-electron chi connectivity index (χ1n) is 7.18. The first-order valence-corrected chi connectivity index (χ1v) is 9.04. The van der Waals surface area contributed by atoms with Crippen LogP contribution in [0.2, 0.25) is 5.02 Å². The summed E-state index contributed by atoms with van der Waals surface area (Å²) in [4.78, 5) is 2.03. The Labute approximate surface area is 129 Å². The standard InChI is InChI=1S/C14H18ClFN2O2S/c15-12-2-1-3-13(14(12)16)21(19,20)17-10-6-8-18(9-7-10)11-4-5-11/h1-3,10-11,17H,4-9H2. The fraction of sp³-hybridized carbons (Fsp3) is 0.571. The van der Waals surface area contributed by atoms with E-state index in [1.807, 2.05) is 0 Å². The van der Waals surface area contributed by atoms with Gasteiger partial charge in [0.05, 0.1) is 5.02 Å². The maximum Gasteiger partial charge on any atom is 0.243 e. The molecule has 1 saturated carbocycles. The molecule has 0 bridgehead atoms. The molecule has 1 aromatic carbocycles. The van der Waals surface area contributed by atoms with Crippen LogP contribution in [0, 0.1) is 5.82 Å². The third kappa shape index (κ3) is 3.39. The summed E-state index contributed by atoms with van der Waals surface area (Å²) in [7, 11) is -3.86. The van der Waals surface area contributed by atoms with E-state index < -0.39 is 15.8 Å². The summed E-state index contributed by atoms with van der Waals surface area (Å²) in [6.45, 7) is 1.80. The zero-order chi connectivity index (χ0) is 15.0. The van der Waals surface area contributed by atoms with Crippen molar-refractivity contribution in [3.8, 4) is 0 Å². The van der Waals surface area contributed by atoms with E-state index in [0.717, 1.165) is 25.9 Å². The van der Waals surface area contributed by atoms with Gasteiger partial charge in [0.25, 0.3) is 0 Å². The van der Waals surface area contributed by atoms with Gasteiger partial charge in [-0.25, -0.2) is 17.5 Å². The second kappa shape index (κ2) is 5.83. The second-order valence-corrected chi connectivity index (χ2v) is 7.80. The first-order chi connectivity index (χ1) is 9.97. The summed E-state index contributed by atoms with van der Waals surface area (Å²) in [6, 6.07) is 4.58. The fourth-order valence-corrected chi connectivity index (χ4v) is 4.43. The number of likely N-dealkylation sites (tertiary alicyclic amines) is 1. The Bertz CT molecular complexity index is 626. The van der Waals surface area contributed by atoms with E-state index >= 15 is 0 Å². The van der Waals surface area contributed by atoms with Crippen molar-refractivity contribution in [1.29, 1.82) is 0 Å². The predicted octanol–water partition coefficient (Wildman–Crippen LogP) is 2.38. The predicted molar refractivity (Wildman–Crippen MR) is 79.3 cm³/mol. The number of hydrogen-bond donors (Lipinski definition) is 1. The molecule has 7 heteroatoms. The van der Waals surface area contributed by atoms with Crippen molar-refractivity contribution in [1.82, 2.24) is 9.62 Å². The molecule has 3 rings (SSSR count). The minimum absolute atomic E-state index is 0.136. The molecule has 0 atom stereocenters. The zero-order valence-corrected chi connectivity index (χ0v) is 13.1. The highest BCUT2D eigenvalue weighted by atomic mass is 35.5. The molecule has 1 aromatic rings. The lowest BCUT2D eigenvalue weighted by Crippen LogP contribution is -2.45. The van der Waals surface area contributed by atoms with Gasteiger partial charge in [0, 0.05) is 12.1 Å². The molecule has 0 aromatic heterocycles. The summed E-state index contributed by atoms with van der Waals surface area (Å²) in [5.41, 5.74) is 0. The van der Waals surface area contributed by atoms with Crippen LogP contribution >= 0.6 is 11.6 Å². The van der Waals surface area contributed by atoms with Crippen molar-refractivity contribution < 1.29 is 12.8 Å². The summed E-state index contributed by atoms with van der Waals surface area (Å²) in [5.74, 6) is -0.887. The lowest BCUT2D eigenvalue weighted by atomic mass is 10.1. The third-order valence-corrected chi connectivity index (χ3v) is 5.95. The number of halogens is 2. The Kier molecular flexibility index (Phi) is 4.23. The number of benzene rings is 1. The van der Waals surface area contributed by atoms with E-state index in [1.54, 1.807) is 0 Å². The maximum atomic E-state index is 13.9. The summed E-state index contributed by atoms with van der Waals surface area (Å²) < 4.78 is 41.0. The van der Waals surface area contributed by atoms with Crippen LogP contribution in [0.1, 0.15) is 25.7 Å². The summed E-state index contributed by atoms with van der Waals surface area (Å²) in [6.07, 6.45) is 4.03. The highest BCUT2D eigenvalue weighted by molar-refractivity contribution is 7.89. The second-order valence-electron chi connectivity index (χ2n) is 5.71. The van der Waals surface area contributed by atoms with Crippen molar-refractivity contribution in [2.45, 2.75) is 42.7 Å². The number of nitrogens with zero attached hydrogens (tertiary/aromatic N) is 1. The Morgan fingerprint density at radius 1 is 1.19 bits per heavy atom. The van der Waals surface area contributed by atoms with Crippen LogP contribution < -0.4 is 4.72 Å². The van der Waals surface area contributed by atoms with Gasteiger partial charge >= 0.3 is 0 Å². The summed E-state index contributed by atoms with van der Waals surface area (Å²) >= 11 is 5.65. The molecule has 1 heterocycles. The Morgan fingerprint density at radius 2 is 1.86 bits per heavy atom. The molecule has 0 spiro atoms. The fourth-order valence-electron chi connectivity index (χ4n) is 2.80. The number of nitrogens with one attached hydrogen (secondary N) is 1. The minimum Gasteiger partial charge on any atom is -0.300 e. The van der Waals surface area contributed by atoms with Crippen LogP contribution in [0.5, 0.6) is 0 Å². The normalized spacial score (nSPS) is 21.6. The number of hydrogen-bond acceptors (Lipinski definition) is 3. The Balaban J connectivity index is 1.67. The molecular formula is C14H18ClFN2O2S. The van der Waals surface area contributed by atoms with E-state index in [-0.39, 0.29) is 16.0 Å². The lowest BCUT2D eigenvalue weighted by Gasteiger charge is -2.32. The van der Waals surface area contributed by atoms with E-state index in [1.165, 1.54) is 31.0 Å². The van der Waals surface area contributed by atoms with E-state index in [0.29, 0.717) is 6.04 Å². The molecule has 1 aliphatic carbocycles. The highest BCUT2D eigenvalue weighted by Gasteiger charge is 2.33. The van der Waals surface area contributed by atoms with Crippen molar-refractivity contribution in [2.75, 3.05) is 13.1 Å². The van der Waals surface area contributed by atoms with Gasteiger partial charge in [-0.2, -0.15) is 0 Å². The van der Waals surface area contributed by atoms with Gasteiger partial charge in [-0.1, -0.05) is 17.7 Å². The molecule has 116 valence electrons. The molecular weight excluding hydrogens is 315 g/mol. The molecule has 4 nitrogen and oxygen atoms in total.